The van der Waals surface area contributed by atoms with Gasteiger partial charge in [0, 0.05) is 22.4 Å². The van der Waals surface area contributed by atoms with Crippen molar-refractivity contribution < 1.29 is 4.39 Å². The fraction of sp³-hybridized carbons (Fsp3) is 0.600. The minimum atomic E-state index is -0.203. The first-order valence-corrected chi connectivity index (χ1v) is 8.25. The van der Waals surface area contributed by atoms with Gasteiger partial charge in [0.15, 0.2) is 0 Å². The second-order valence-electron chi connectivity index (χ2n) is 4.94. The fourth-order valence-corrected chi connectivity index (χ4v) is 2.91. The van der Waals surface area contributed by atoms with Gasteiger partial charge in [0.25, 0.3) is 0 Å². The molecule has 0 saturated heterocycles. The molecule has 0 saturated carbocycles. The number of hydrogen-bond acceptors (Lipinski definition) is 2. The molecular weight excluding hydrogens is 281 g/mol. The molecule has 0 radical (unpaired) electrons. The summed E-state index contributed by atoms with van der Waals surface area (Å²) in [6.45, 7) is 7.44. The molecule has 0 aliphatic carbocycles. The molecule has 1 nitrogen and oxygen atoms in total. The zero-order valence-electron chi connectivity index (χ0n) is 11.9. The van der Waals surface area contributed by atoms with Crippen molar-refractivity contribution in [2.75, 3.05) is 12.3 Å². The summed E-state index contributed by atoms with van der Waals surface area (Å²) in [5.74, 6) is 0.771. The third-order valence-corrected chi connectivity index (χ3v) is 4.44. The Kier molecular flexibility index (Phi) is 7.81. The van der Waals surface area contributed by atoms with Crippen LogP contribution in [0, 0.1) is 5.82 Å². The Morgan fingerprint density at radius 2 is 2.11 bits per heavy atom. The summed E-state index contributed by atoms with van der Waals surface area (Å²) in [5, 5.41) is 4.59. The summed E-state index contributed by atoms with van der Waals surface area (Å²) >= 11 is 7.99. The molecule has 1 aromatic carbocycles. The van der Waals surface area contributed by atoms with E-state index < -0.39 is 0 Å². The van der Waals surface area contributed by atoms with E-state index in [1.807, 2.05) is 11.8 Å². The molecule has 0 aliphatic heterocycles. The van der Waals surface area contributed by atoms with Gasteiger partial charge in [-0.2, -0.15) is 11.8 Å². The van der Waals surface area contributed by atoms with Crippen LogP contribution in [-0.2, 0) is 6.42 Å². The van der Waals surface area contributed by atoms with E-state index in [1.54, 1.807) is 12.1 Å². The minimum Gasteiger partial charge on any atom is -0.313 e. The van der Waals surface area contributed by atoms with Crippen LogP contribution in [0.3, 0.4) is 0 Å². The second kappa shape index (κ2) is 8.83. The molecule has 0 bridgehead atoms. The van der Waals surface area contributed by atoms with Gasteiger partial charge in [0.05, 0.1) is 0 Å². The molecular formula is C15H23ClFNS. The molecule has 1 unspecified atom stereocenters. The van der Waals surface area contributed by atoms with Crippen molar-refractivity contribution in [3.8, 4) is 0 Å². The summed E-state index contributed by atoms with van der Waals surface area (Å²) in [7, 11) is 0. The standard InChI is InChI=1S/C15H23ClFNS/c1-4-8-18-12(10-19-11(2)3)9-13-14(16)6-5-7-15(13)17/h5-7,11-12,18H,4,8-10H2,1-3H3. The van der Waals surface area contributed by atoms with E-state index in [9.17, 15) is 4.39 Å². The first-order valence-electron chi connectivity index (χ1n) is 6.82. The maximum Gasteiger partial charge on any atom is 0.127 e. The van der Waals surface area contributed by atoms with Crippen molar-refractivity contribution in [1.29, 1.82) is 0 Å². The van der Waals surface area contributed by atoms with Gasteiger partial charge in [0.2, 0.25) is 0 Å². The lowest BCUT2D eigenvalue weighted by atomic mass is 10.1. The van der Waals surface area contributed by atoms with E-state index in [0.717, 1.165) is 18.7 Å². The van der Waals surface area contributed by atoms with Gasteiger partial charge in [-0.3, -0.25) is 0 Å². The molecule has 1 N–H and O–H groups in total. The average Bonchev–Trinajstić information content (AvgIpc) is 2.36. The number of nitrogens with one attached hydrogen (secondary N) is 1. The molecule has 0 spiro atoms. The Balaban J connectivity index is 2.69. The van der Waals surface area contributed by atoms with Gasteiger partial charge in [-0.1, -0.05) is 38.4 Å². The second-order valence-corrected chi connectivity index (χ2v) is 6.95. The highest BCUT2D eigenvalue weighted by atomic mass is 35.5. The first-order chi connectivity index (χ1) is 9.04. The predicted molar refractivity (Wildman–Crippen MR) is 84.8 cm³/mol. The number of thioether (sulfide) groups is 1. The topological polar surface area (TPSA) is 12.0 Å². The van der Waals surface area contributed by atoms with Crippen molar-refractivity contribution in [3.63, 3.8) is 0 Å². The summed E-state index contributed by atoms with van der Waals surface area (Å²) in [4.78, 5) is 0. The molecule has 0 heterocycles. The maximum absolute atomic E-state index is 13.8. The molecule has 1 rings (SSSR count). The van der Waals surface area contributed by atoms with E-state index in [1.165, 1.54) is 6.07 Å². The Morgan fingerprint density at radius 3 is 2.68 bits per heavy atom. The van der Waals surface area contributed by atoms with E-state index in [0.29, 0.717) is 22.3 Å². The molecule has 0 aliphatic rings. The molecule has 0 aromatic heterocycles. The summed E-state index contributed by atoms with van der Waals surface area (Å²) in [5.41, 5.74) is 0.627. The number of halogens is 2. The van der Waals surface area contributed by atoms with Crippen molar-refractivity contribution in [3.05, 3.63) is 34.6 Å². The quantitative estimate of drug-likeness (QED) is 0.757. The normalized spacial score (nSPS) is 12.9. The van der Waals surface area contributed by atoms with Crippen LogP contribution < -0.4 is 5.32 Å². The molecule has 1 atom stereocenters. The molecule has 0 fully saturated rings. The molecule has 108 valence electrons. The van der Waals surface area contributed by atoms with Gasteiger partial charge in [-0.25, -0.2) is 4.39 Å². The average molecular weight is 304 g/mol. The van der Waals surface area contributed by atoms with Crippen LogP contribution in [0.25, 0.3) is 0 Å². The Hall–Kier alpha value is -0.250. The molecule has 19 heavy (non-hydrogen) atoms. The van der Waals surface area contributed by atoms with Crippen LogP contribution >= 0.6 is 23.4 Å². The lowest BCUT2D eigenvalue weighted by Crippen LogP contribution is -2.34. The lowest BCUT2D eigenvalue weighted by molar-refractivity contribution is 0.530. The van der Waals surface area contributed by atoms with Crippen molar-refractivity contribution >= 4 is 23.4 Å². The molecule has 0 amide bonds. The van der Waals surface area contributed by atoms with E-state index in [2.05, 4.69) is 26.1 Å². The van der Waals surface area contributed by atoms with Gasteiger partial charge >= 0.3 is 0 Å². The summed E-state index contributed by atoms with van der Waals surface area (Å²) < 4.78 is 13.8. The van der Waals surface area contributed by atoms with E-state index in [4.69, 9.17) is 11.6 Å². The van der Waals surface area contributed by atoms with Crippen LogP contribution in [0.4, 0.5) is 4.39 Å². The predicted octanol–water partition coefficient (Wildman–Crippen LogP) is 4.53. The first kappa shape index (κ1) is 16.8. The fourth-order valence-electron chi connectivity index (χ4n) is 1.82. The summed E-state index contributed by atoms with van der Waals surface area (Å²) in [6.07, 6.45) is 1.72. The maximum atomic E-state index is 13.8. The van der Waals surface area contributed by atoms with Gasteiger partial charge in [-0.05, 0) is 36.8 Å². The van der Waals surface area contributed by atoms with Crippen molar-refractivity contribution in [2.24, 2.45) is 0 Å². The van der Waals surface area contributed by atoms with Crippen LogP contribution in [0.1, 0.15) is 32.8 Å². The lowest BCUT2D eigenvalue weighted by Gasteiger charge is -2.20. The van der Waals surface area contributed by atoms with Crippen molar-refractivity contribution in [2.45, 2.75) is 44.9 Å². The van der Waals surface area contributed by atoms with Crippen LogP contribution in [-0.4, -0.2) is 23.6 Å². The SMILES string of the molecule is CCCNC(CSC(C)C)Cc1c(F)cccc1Cl. The van der Waals surface area contributed by atoms with Gasteiger partial charge in [-0.15, -0.1) is 0 Å². The van der Waals surface area contributed by atoms with Crippen LogP contribution in [0.5, 0.6) is 0 Å². The zero-order valence-corrected chi connectivity index (χ0v) is 13.5. The van der Waals surface area contributed by atoms with Gasteiger partial charge < -0.3 is 5.32 Å². The minimum absolute atomic E-state index is 0.203. The van der Waals surface area contributed by atoms with E-state index >= 15 is 0 Å². The third kappa shape index (κ3) is 6.15. The number of hydrogen-bond donors (Lipinski definition) is 1. The number of benzene rings is 1. The highest BCUT2D eigenvalue weighted by Gasteiger charge is 2.15. The third-order valence-electron chi connectivity index (χ3n) is 2.83. The monoisotopic (exact) mass is 303 g/mol. The van der Waals surface area contributed by atoms with Crippen molar-refractivity contribution in [1.82, 2.24) is 5.32 Å². The Morgan fingerprint density at radius 1 is 1.37 bits per heavy atom. The number of rotatable bonds is 8. The largest absolute Gasteiger partial charge is 0.313 e. The Labute approximate surface area is 125 Å². The highest BCUT2D eigenvalue weighted by Crippen LogP contribution is 2.22. The molecule has 1 aromatic rings. The smallest absolute Gasteiger partial charge is 0.127 e. The highest BCUT2D eigenvalue weighted by molar-refractivity contribution is 7.99. The zero-order chi connectivity index (χ0) is 14.3. The Bertz CT molecular complexity index is 364. The molecule has 4 heteroatoms. The summed E-state index contributed by atoms with van der Waals surface area (Å²) in [6, 6.07) is 5.15. The van der Waals surface area contributed by atoms with Gasteiger partial charge in [0.1, 0.15) is 5.82 Å². The van der Waals surface area contributed by atoms with Crippen LogP contribution in [0.15, 0.2) is 18.2 Å². The van der Waals surface area contributed by atoms with E-state index in [-0.39, 0.29) is 11.9 Å². The van der Waals surface area contributed by atoms with Crippen LogP contribution in [0.2, 0.25) is 5.02 Å².